The van der Waals surface area contributed by atoms with E-state index in [1.807, 2.05) is 0 Å². The van der Waals surface area contributed by atoms with E-state index in [-0.39, 0.29) is 73.0 Å². The van der Waals surface area contributed by atoms with Gasteiger partial charge in [-0.15, -0.1) is 0 Å². The van der Waals surface area contributed by atoms with E-state index in [2.05, 4.69) is 55.4 Å². The molecule has 0 rings (SSSR count). The Morgan fingerprint density at radius 1 is 0.235 bits per heavy atom. The third-order valence-electron chi connectivity index (χ3n) is 21.3. The van der Waals surface area contributed by atoms with E-state index < -0.39 is 130 Å². The molecule has 0 aliphatic carbocycles. The van der Waals surface area contributed by atoms with Gasteiger partial charge in [-0.3, -0.25) is 43.3 Å². The molecule has 0 saturated carbocycles. The molecule has 0 saturated heterocycles. The fourth-order valence-electron chi connectivity index (χ4n) is 14.6. The lowest BCUT2D eigenvalue weighted by molar-refractivity contribution is -0.176. The van der Waals surface area contributed by atoms with E-state index in [0.717, 1.165) is 238 Å². The van der Waals surface area contributed by atoms with E-state index in [0.29, 0.717) is 75.5 Å². The molecule has 2 atom stereocenters. The van der Waals surface area contributed by atoms with Gasteiger partial charge in [0.25, 0.3) is 0 Å². The van der Waals surface area contributed by atoms with Gasteiger partial charge in [0.05, 0.1) is 0 Å². The Morgan fingerprint density at radius 2 is 0.412 bits per heavy atom. The van der Waals surface area contributed by atoms with Crippen molar-refractivity contribution >= 4 is 80.0 Å². The van der Waals surface area contributed by atoms with Crippen LogP contribution < -0.4 is 5.73 Å². The maximum absolute atomic E-state index is 17.1. The monoisotopic (exact) mass is 1470 g/mol. The number of carboxylic acids is 2. The van der Waals surface area contributed by atoms with Crippen LogP contribution in [0.3, 0.4) is 0 Å². The molecule has 0 heterocycles. The molecule has 0 radical (unpaired) electrons. The first-order valence-electron chi connectivity index (χ1n) is 43.0. The number of imide groups is 1. The Kier molecular flexibility index (Phi) is 61.8. The lowest BCUT2D eigenvalue weighted by Crippen LogP contribution is -2.79. The van der Waals surface area contributed by atoms with Gasteiger partial charge < -0.3 is 15.9 Å². The van der Waals surface area contributed by atoms with Gasteiger partial charge in [0, 0.05) is 51.4 Å². The minimum atomic E-state index is -3.63. The third kappa shape index (κ3) is 36.6. The van der Waals surface area contributed by atoms with Crippen LogP contribution >= 0.6 is 21.6 Å². The van der Waals surface area contributed by atoms with Crippen molar-refractivity contribution < 1.29 is 58.2 Å². The summed E-state index contributed by atoms with van der Waals surface area (Å²) in [4.78, 5) is 163. The average molecular weight is 1470 g/mol. The summed E-state index contributed by atoms with van der Waals surface area (Å²) in [6.07, 6.45) is 38.1. The maximum Gasteiger partial charge on any atom is 0.340 e. The smallest absolute Gasteiger partial charge is 0.340 e. The van der Waals surface area contributed by atoms with E-state index in [4.69, 9.17) is 5.73 Å². The topological polar surface area (TPSA) is 240 Å². The molecule has 2 amide bonds. The average Bonchev–Trinajstić information content (AvgIpc) is 0.700. The normalized spacial score (nSPS) is 13.0. The summed E-state index contributed by atoms with van der Waals surface area (Å²) in [6, 6.07) is 0. The van der Waals surface area contributed by atoms with E-state index >= 15 is 43.2 Å². The van der Waals surface area contributed by atoms with Crippen LogP contribution in [0.15, 0.2) is 0 Å². The number of amides is 2. The molecule has 0 aliphatic heterocycles. The molecule has 0 unspecified atom stereocenters. The van der Waals surface area contributed by atoms with Crippen molar-refractivity contribution in [3.63, 3.8) is 0 Å². The predicted molar refractivity (Wildman–Crippen MR) is 428 cm³/mol. The summed E-state index contributed by atoms with van der Waals surface area (Å²) in [5.41, 5.74) is 0.436. The molecule has 0 fully saturated rings. The highest BCUT2D eigenvalue weighted by Crippen LogP contribution is 2.58. The minimum Gasteiger partial charge on any atom is -0.479 e. The highest BCUT2D eigenvalue weighted by atomic mass is 33.1. The number of hydrogen-bond acceptors (Lipinski definition) is 13. The van der Waals surface area contributed by atoms with Gasteiger partial charge in [0.15, 0.2) is 44.2 Å². The molecule has 0 aromatic heterocycles. The number of aliphatic carboxylic acids is 2. The fraction of sp³-hybridized carbons (Fsp3) is 0.884. The van der Waals surface area contributed by atoms with Crippen LogP contribution in [0.1, 0.15) is 466 Å². The molecule has 16 heteroatoms. The van der Waals surface area contributed by atoms with Gasteiger partial charge in [-0.2, -0.15) is 0 Å². The Balaban J connectivity index is 10.1. The molecule has 0 aromatic rings. The van der Waals surface area contributed by atoms with Gasteiger partial charge in [0.2, 0.25) is 22.9 Å². The Morgan fingerprint density at radius 3 is 0.627 bits per heavy atom. The molecule has 0 aliphatic rings. The number of nitrogens with zero attached hydrogens (tertiary/aromatic N) is 1. The van der Waals surface area contributed by atoms with Crippen molar-refractivity contribution in [2.75, 3.05) is 0 Å². The highest BCUT2D eigenvalue weighted by Gasteiger charge is 2.76. The van der Waals surface area contributed by atoms with Crippen molar-refractivity contribution in [2.24, 2.45) is 5.73 Å². The quantitative estimate of drug-likeness (QED) is 0.0291. The highest BCUT2D eigenvalue weighted by molar-refractivity contribution is 8.78. The summed E-state index contributed by atoms with van der Waals surface area (Å²) in [5, 5.41) is 25.0. The van der Waals surface area contributed by atoms with Crippen LogP contribution in [0.4, 0.5) is 0 Å². The summed E-state index contributed by atoms with van der Waals surface area (Å²) in [5.74, 6) is -12.5. The van der Waals surface area contributed by atoms with E-state index in [1.165, 1.54) is 0 Å². The number of carboxylic acid groups (broad SMARTS) is 2. The first-order chi connectivity index (χ1) is 49.3. The summed E-state index contributed by atoms with van der Waals surface area (Å²) >= 11 is 0. The second kappa shape index (κ2) is 63.8. The van der Waals surface area contributed by atoms with Crippen molar-refractivity contribution in [1.82, 2.24) is 4.90 Å². The number of carbonyl (C=O) groups is 10. The second-order valence-electron chi connectivity index (χ2n) is 30.3. The lowest BCUT2D eigenvalue weighted by Gasteiger charge is -2.50. The molecular formula is C86H156N2O12S2. The maximum atomic E-state index is 17.1. The van der Waals surface area contributed by atoms with E-state index in [1.54, 1.807) is 0 Å². The molecule has 0 bridgehead atoms. The SMILES string of the molecule is CCCCCCCCCC(=O)N(C(=O)CCCCCCCCC)[C@@](C(=O)O)(C(=O)CCCCCCCCC)C(SSC(C(=O)CCCCCCCCC)(C(=O)CCCCCCCCC)[C@](N)(C(=O)O)C(=O)CCCCCCCCC)(C(=O)CCCCCCCCC)C(=O)CCCCCCCCC. The number of hydrogen-bond donors (Lipinski definition) is 3. The minimum absolute atomic E-state index is 0.0906. The molecule has 102 heavy (non-hydrogen) atoms. The zero-order chi connectivity index (χ0) is 76.0. The van der Waals surface area contributed by atoms with Gasteiger partial charge in [-0.1, -0.05) is 385 Å². The van der Waals surface area contributed by atoms with Crippen LogP contribution in [0.25, 0.3) is 0 Å². The van der Waals surface area contributed by atoms with Crippen molar-refractivity contribution in [1.29, 1.82) is 0 Å². The number of carbonyl (C=O) groups excluding carboxylic acids is 8. The third-order valence-corrected chi connectivity index (χ3v) is 25.1. The van der Waals surface area contributed by atoms with Gasteiger partial charge in [0.1, 0.15) is 0 Å². The Labute approximate surface area is 632 Å². The molecule has 0 aromatic carbocycles. The zero-order valence-electron chi connectivity index (χ0n) is 67.1. The van der Waals surface area contributed by atoms with Crippen LogP contribution in [-0.4, -0.2) is 94.1 Å². The summed E-state index contributed by atoms with van der Waals surface area (Å²) in [7, 11) is 0.406. The molecule has 0 spiro atoms. The lowest BCUT2D eigenvalue weighted by atomic mass is 9.69. The van der Waals surface area contributed by atoms with Crippen LogP contribution in [0, 0.1) is 0 Å². The van der Waals surface area contributed by atoms with Crippen molar-refractivity contribution in [2.45, 2.75) is 487 Å². The first-order valence-corrected chi connectivity index (χ1v) is 45.2. The summed E-state index contributed by atoms with van der Waals surface area (Å²) < 4.78 is -6.44. The summed E-state index contributed by atoms with van der Waals surface area (Å²) in [6.45, 7) is 16.9. The fourth-order valence-corrected chi connectivity index (χ4v) is 19.0. The van der Waals surface area contributed by atoms with Gasteiger partial charge in [-0.05, 0) is 51.4 Å². The number of unbranched alkanes of at least 4 members (excludes halogenated alkanes) is 48. The predicted octanol–water partition coefficient (Wildman–Crippen LogP) is 24.3. The van der Waals surface area contributed by atoms with E-state index in [9.17, 15) is 15.0 Å². The van der Waals surface area contributed by atoms with Gasteiger partial charge in [-0.25, -0.2) is 9.59 Å². The second-order valence-corrected chi connectivity index (χ2v) is 32.8. The molecule has 14 nitrogen and oxygen atoms in total. The van der Waals surface area contributed by atoms with Crippen LogP contribution in [0.5, 0.6) is 0 Å². The standard InChI is InChI=1S/C86H156N2O12S2/c1-9-17-25-33-41-49-57-65-73(89)83(87,81(97)98)85(75(91)67-59-51-43-35-27-19-11-3,76(92)68-60-52-44-36-28-20-12-4)101-102-86(77(93)69-61-53-45-37-29-21-13-5,78(94)70-62-54-46-38-30-22-14-6)84(82(99)100,74(90)66-58-50-42-34-26-18-10-2)88(79(95)71-63-55-47-39-31-23-15-7)80(96)72-64-56-48-40-32-24-16-8/h9-72,87H2,1-8H3,(H,97,98)(H,99,100)/t83-,84-/m1/s1. The Bertz CT molecular complexity index is 2170. The largest absolute Gasteiger partial charge is 0.479 e. The van der Waals surface area contributed by atoms with Crippen LogP contribution in [-0.2, 0) is 47.9 Å². The first kappa shape index (κ1) is 98.8. The van der Waals surface area contributed by atoms with Crippen molar-refractivity contribution in [3.8, 4) is 0 Å². The molecular weight excluding hydrogens is 1320 g/mol. The number of Topliss-reactive ketones (excluding diaryl/α,β-unsaturated/α-hetero) is 6. The number of ketones is 6. The number of nitrogens with two attached hydrogens (primary N) is 1. The Hall–Kier alpha value is -3.24. The van der Waals surface area contributed by atoms with Gasteiger partial charge >= 0.3 is 11.9 Å². The van der Waals surface area contributed by atoms with Crippen LogP contribution in [0.2, 0.25) is 0 Å². The molecule has 4 N–H and O–H groups in total. The van der Waals surface area contributed by atoms with Crippen molar-refractivity contribution in [3.05, 3.63) is 0 Å². The number of rotatable bonds is 78. The molecule has 594 valence electrons. The zero-order valence-corrected chi connectivity index (χ0v) is 68.7.